The van der Waals surface area contributed by atoms with Gasteiger partial charge in [-0.25, -0.2) is 0 Å². The van der Waals surface area contributed by atoms with Gasteiger partial charge in [0.2, 0.25) is 5.91 Å². The maximum atomic E-state index is 14.4. The number of nitrogens with one attached hydrogen (secondary N) is 1. The monoisotopic (exact) mass is 519 g/mol. The fraction of sp³-hybridized carbons (Fsp3) is 0.481. The molecule has 0 bridgehead atoms. The Kier molecular flexibility index (Phi) is 7.80. The smallest absolute Gasteiger partial charge is 0.430 e. The van der Waals surface area contributed by atoms with Gasteiger partial charge in [-0.15, -0.1) is 0 Å². The SMILES string of the molecule is CO[C@@](C(=O)N1CCC2(CC1)CC(=O)NCC2c1ccccc1OCCN)(c1ccccc1)C(F)(F)F. The van der Waals surface area contributed by atoms with Crippen LogP contribution in [0.4, 0.5) is 13.2 Å². The van der Waals surface area contributed by atoms with E-state index in [1.54, 1.807) is 6.07 Å². The van der Waals surface area contributed by atoms with Gasteiger partial charge in [-0.3, -0.25) is 9.59 Å². The molecule has 2 fully saturated rings. The van der Waals surface area contributed by atoms with Crippen molar-refractivity contribution in [2.75, 3.05) is 39.9 Å². The zero-order valence-electron chi connectivity index (χ0n) is 20.7. The van der Waals surface area contributed by atoms with Crippen molar-refractivity contribution in [1.29, 1.82) is 0 Å². The third kappa shape index (κ3) is 4.92. The lowest BCUT2D eigenvalue weighted by molar-refractivity contribution is -0.271. The average molecular weight is 520 g/mol. The van der Waals surface area contributed by atoms with Crippen molar-refractivity contribution >= 4 is 11.8 Å². The lowest BCUT2D eigenvalue weighted by Gasteiger charge is -2.50. The number of nitrogens with two attached hydrogens (primary N) is 1. The van der Waals surface area contributed by atoms with Crippen molar-refractivity contribution < 1.29 is 32.2 Å². The normalized spacial score (nSPS) is 21.3. The Morgan fingerprint density at radius 1 is 1.11 bits per heavy atom. The molecule has 3 N–H and O–H groups in total. The molecule has 10 heteroatoms. The van der Waals surface area contributed by atoms with Crippen LogP contribution in [0.1, 0.15) is 36.3 Å². The molecule has 2 amide bonds. The predicted molar refractivity (Wildman–Crippen MR) is 131 cm³/mol. The maximum Gasteiger partial charge on any atom is 0.430 e. The first kappa shape index (κ1) is 26.9. The topological polar surface area (TPSA) is 93.9 Å². The molecule has 0 radical (unpaired) electrons. The first-order valence-electron chi connectivity index (χ1n) is 12.3. The zero-order valence-corrected chi connectivity index (χ0v) is 20.7. The lowest BCUT2D eigenvalue weighted by Crippen LogP contribution is -2.60. The van der Waals surface area contributed by atoms with Crippen molar-refractivity contribution in [2.24, 2.45) is 11.1 Å². The van der Waals surface area contributed by atoms with Crippen molar-refractivity contribution in [3.63, 3.8) is 0 Å². The van der Waals surface area contributed by atoms with Gasteiger partial charge in [0.15, 0.2) is 0 Å². The Hall–Kier alpha value is -3.11. The molecule has 2 aromatic rings. The van der Waals surface area contributed by atoms with Gasteiger partial charge < -0.3 is 25.4 Å². The number of piperidine rings is 2. The second-order valence-electron chi connectivity index (χ2n) is 9.61. The van der Waals surface area contributed by atoms with Crippen LogP contribution in [0.2, 0.25) is 0 Å². The summed E-state index contributed by atoms with van der Waals surface area (Å²) in [5, 5.41) is 2.93. The Labute approximate surface area is 214 Å². The number of benzene rings is 2. The standard InChI is InChI=1S/C27H32F3N3O4/c1-36-26(27(28,29)30,19-7-3-2-4-8-19)24(35)33-14-11-25(12-15-33)17-23(34)32-18-21(25)20-9-5-6-10-22(20)37-16-13-31/h2-10,21H,11-18,31H2,1H3,(H,32,34)/t21?,26-/m1/s1. The third-order valence-corrected chi connectivity index (χ3v) is 7.66. The van der Waals surface area contributed by atoms with E-state index in [-0.39, 0.29) is 36.9 Å². The van der Waals surface area contributed by atoms with E-state index in [0.29, 0.717) is 38.3 Å². The van der Waals surface area contributed by atoms with Crippen molar-refractivity contribution in [1.82, 2.24) is 10.2 Å². The molecule has 4 rings (SSSR count). The molecule has 2 heterocycles. The molecule has 2 aliphatic rings. The molecule has 0 saturated carbocycles. The molecule has 1 spiro atoms. The molecular weight excluding hydrogens is 487 g/mol. The number of nitrogens with zero attached hydrogens (tertiary/aromatic N) is 1. The van der Waals surface area contributed by atoms with Crippen LogP contribution in [0.25, 0.3) is 0 Å². The van der Waals surface area contributed by atoms with Crippen LogP contribution in [0.3, 0.4) is 0 Å². The number of para-hydroxylation sites is 1. The highest BCUT2D eigenvalue weighted by atomic mass is 19.4. The summed E-state index contributed by atoms with van der Waals surface area (Å²) in [5.41, 5.74) is 2.63. The predicted octanol–water partition coefficient (Wildman–Crippen LogP) is 3.34. The molecule has 1 unspecified atom stereocenters. The van der Waals surface area contributed by atoms with Crippen LogP contribution < -0.4 is 15.8 Å². The van der Waals surface area contributed by atoms with E-state index >= 15 is 0 Å². The van der Waals surface area contributed by atoms with E-state index in [0.717, 1.165) is 12.7 Å². The number of alkyl halides is 3. The number of likely N-dealkylation sites (tertiary alicyclic amines) is 1. The number of carbonyl (C=O) groups excluding carboxylic acids is 2. The molecular formula is C27H32F3N3O4. The van der Waals surface area contributed by atoms with Crippen LogP contribution in [0.5, 0.6) is 5.75 Å². The number of hydrogen-bond donors (Lipinski definition) is 2. The van der Waals surface area contributed by atoms with E-state index in [1.807, 2.05) is 24.3 Å². The van der Waals surface area contributed by atoms with Gasteiger partial charge in [0.25, 0.3) is 11.5 Å². The summed E-state index contributed by atoms with van der Waals surface area (Å²) in [4.78, 5) is 27.2. The van der Waals surface area contributed by atoms with Crippen LogP contribution in [-0.2, 0) is 19.9 Å². The number of amides is 2. The lowest BCUT2D eigenvalue weighted by atomic mass is 9.62. The van der Waals surface area contributed by atoms with Crippen molar-refractivity contribution in [3.05, 3.63) is 65.7 Å². The van der Waals surface area contributed by atoms with Gasteiger partial charge in [0.05, 0.1) is 0 Å². The number of rotatable bonds is 7. The van der Waals surface area contributed by atoms with E-state index in [2.05, 4.69) is 5.32 Å². The second kappa shape index (κ2) is 10.7. The summed E-state index contributed by atoms with van der Waals surface area (Å²) in [7, 11) is 0.906. The molecule has 2 atom stereocenters. The van der Waals surface area contributed by atoms with Crippen LogP contribution in [-0.4, -0.2) is 62.8 Å². The molecule has 0 aliphatic carbocycles. The van der Waals surface area contributed by atoms with Crippen LogP contribution >= 0.6 is 0 Å². The molecule has 0 aromatic heterocycles. The molecule has 200 valence electrons. The van der Waals surface area contributed by atoms with E-state index in [1.165, 1.54) is 29.2 Å². The molecule has 2 saturated heterocycles. The molecule has 7 nitrogen and oxygen atoms in total. The second-order valence-corrected chi connectivity index (χ2v) is 9.61. The van der Waals surface area contributed by atoms with E-state index in [9.17, 15) is 22.8 Å². The average Bonchev–Trinajstić information content (AvgIpc) is 2.89. The van der Waals surface area contributed by atoms with Crippen LogP contribution in [0, 0.1) is 5.41 Å². The van der Waals surface area contributed by atoms with Gasteiger partial charge in [0, 0.05) is 51.2 Å². The van der Waals surface area contributed by atoms with Gasteiger partial charge >= 0.3 is 6.18 Å². The third-order valence-electron chi connectivity index (χ3n) is 7.66. The minimum Gasteiger partial charge on any atom is -0.492 e. The van der Waals surface area contributed by atoms with Crippen LogP contribution in [0.15, 0.2) is 54.6 Å². The summed E-state index contributed by atoms with van der Waals surface area (Å²) >= 11 is 0. The molecule has 37 heavy (non-hydrogen) atoms. The van der Waals surface area contributed by atoms with Crippen molar-refractivity contribution in [2.45, 2.75) is 37.0 Å². The first-order chi connectivity index (χ1) is 17.7. The molecule has 2 aromatic carbocycles. The number of hydrogen-bond acceptors (Lipinski definition) is 5. The summed E-state index contributed by atoms with van der Waals surface area (Å²) in [6.07, 6.45) is -4.01. The maximum absolute atomic E-state index is 14.4. The zero-order chi connectivity index (χ0) is 26.7. The Morgan fingerprint density at radius 2 is 1.76 bits per heavy atom. The fourth-order valence-corrected chi connectivity index (χ4v) is 5.75. The Balaban J connectivity index is 1.62. The van der Waals surface area contributed by atoms with E-state index in [4.69, 9.17) is 15.2 Å². The quantitative estimate of drug-likeness (QED) is 0.585. The summed E-state index contributed by atoms with van der Waals surface area (Å²) < 4.78 is 54.2. The van der Waals surface area contributed by atoms with E-state index < -0.39 is 23.1 Å². The fourth-order valence-electron chi connectivity index (χ4n) is 5.75. The van der Waals surface area contributed by atoms with Crippen molar-refractivity contribution in [3.8, 4) is 5.75 Å². The highest BCUT2D eigenvalue weighted by Gasteiger charge is 2.64. The van der Waals surface area contributed by atoms with Gasteiger partial charge in [-0.1, -0.05) is 48.5 Å². The number of carbonyl (C=O) groups is 2. The van der Waals surface area contributed by atoms with Gasteiger partial charge in [-0.05, 0) is 29.9 Å². The molecule has 2 aliphatic heterocycles. The first-order valence-corrected chi connectivity index (χ1v) is 12.3. The van der Waals surface area contributed by atoms with Gasteiger partial charge in [0.1, 0.15) is 12.4 Å². The number of ether oxygens (including phenoxy) is 2. The largest absolute Gasteiger partial charge is 0.492 e. The number of methoxy groups -OCH3 is 1. The summed E-state index contributed by atoms with van der Waals surface area (Å²) in [5.74, 6) is -0.707. The summed E-state index contributed by atoms with van der Waals surface area (Å²) in [6.45, 7) is 1.20. The van der Waals surface area contributed by atoms with Gasteiger partial charge in [-0.2, -0.15) is 13.2 Å². The highest BCUT2D eigenvalue weighted by molar-refractivity contribution is 5.88. The minimum atomic E-state index is -4.97. The Bertz CT molecular complexity index is 1100. The highest BCUT2D eigenvalue weighted by Crippen LogP contribution is 2.52. The Morgan fingerprint density at radius 3 is 2.38 bits per heavy atom. The summed E-state index contributed by atoms with van der Waals surface area (Å²) in [6, 6.07) is 14.5. The number of halogens is 3. The minimum absolute atomic E-state index is 0.0719.